The van der Waals surface area contributed by atoms with Crippen LogP contribution >= 0.6 is 0 Å². The first-order valence-electron chi connectivity index (χ1n) is 9.37. The van der Waals surface area contributed by atoms with Crippen LogP contribution in [-0.4, -0.2) is 18.4 Å². The van der Waals surface area contributed by atoms with Gasteiger partial charge < -0.3 is 10.6 Å². The number of anilines is 1. The summed E-state index contributed by atoms with van der Waals surface area (Å²) in [6, 6.07) is 14.0. The van der Waals surface area contributed by atoms with Gasteiger partial charge in [-0.2, -0.15) is 0 Å². The zero-order chi connectivity index (χ0) is 19.4. The van der Waals surface area contributed by atoms with E-state index in [1.165, 1.54) is 17.7 Å². The maximum absolute atomic E-state index is 12.9. The summed E-state index contributed by atoms with van der Waals surface area (Å²) in [7, 11) is 0. The third-order valence-electron chi connectivity index (χ3n) is 4.94. The lowest BCUT2D eigenvalue weighted by Gasteiger charge is -2.09. The Morgan fingerprint density at radius 2 is 1.63 bits per heavy atom. The maximum atomic E-state index is 12.9. The predicted octanol–water partition coefficient (Wildman–Crippen LogP) is 3.88. The molecule has 0 bridgehead atoms. The molecule has 2 N–H and O–H groups in total. The number of rotatable bonds is 7. The van der Waals surface area contributed by atoms with Crippen LogP contribution in [0.2, 0.25) is 0 Å². The maximum Gasteiger partial charge on any atom is 0.228 e. The minimum Gasteiger partial charge on any atom is -0.356 e. The lowest BCUT2D eigenvalue weighted by Crippen LogP contribution is -2.29. The number of nitrogens with one attached hydrogen (secondary N) is 2. The highest BCUT2D eigenvalue weighted by Crippen LogP contribution is 2.39. The highest BCUT2D eigenvalue weighted by molar-refractivity contribution is 5.99. The number of carbonyl (C=O) groups is 2. The molecule has 2 amide bonds. The molecule has 0 aromatic heterocycles. The molecule has 27 heavy (non-hydrogen) atoms. The Balaban J connectivity index is 1.42. The Morgan fingerprint density at radius 3 is 2.26 bits per heavy atom. The molecule has 1 aliphatic carbocycles. The van der Waals surface area contributed by atoms with Gasteiger partial charge in [-0.15, -0.1) is 0 Å². The number of carbonyl (C=O) groups excluding carboxylic acids is 2. The van der Waals surface area contributed by atoms with E-state index in [1.807, 2.05) is 24.3 Å². The third kappa shape index (κ3) is 5.16. The van der Waals surface area contributed by atoms with Crippen molar-refractivity contribution < 1.29 is 14.0 Å². The van der Waals surface area contributed by atoms with Gasteiger partial charge in [-0.05, 0) is 54.2 Å². The van der Waals surface area contributed by atoms with E-state index < -0.39 is 0 Å². The fourth-order valence-electron chi connectivity index (χ4n) is 3.07. The predicted molar refractivity (Wildman–Crippen MR) is 104 cm³/mol. The molecule has 1 aliphatic rings. The Labute approximate surface area is 159 Å². The highest BCUT2D eigenvalue weighted by atomic mass is 19.1. The summed E-state index contributed by atoms with van der Waals surface area (Å²) >= 11 is 0. The van der Waals surface area contributed by atoms with Gasteiger partial charge in [-0.3, -0.25) is 9.59 Å². The summed E-state index contributed by atoms with van der Waals surface area (Å²) in [5.74, 6) is -0.540. The Kier molecular flexibility index (Phi) is 5.89. The average Bonchev–Trinajstić information content (AvgIpc) is 3.45. The molecular formula is C22H25FN2O2. The van der Waals surface area contributed by atoms with Crippen molar-refractivity contribution >= 4 is 17.5 Å². The monoisotopic (exact) mass is 368 g/mol. The standard InChI is InChI=1S/C22H25FN2O2/c1-14(2)16-5-9-18(10-6-16)25-22(27)20-13-19(20)21(26)24-12-11-15-3-7-17(23)8-4-15/h3-10,14,19-20H,11-13H2,1-2H3,(H,24,26)(H,25,27). The Hall–Kier alpha value is -2.69. The van der Waals surface area contributed by atoms with Crippen LogP contribution in [0.1, 0.15) is 37.3 Å². The molecule has 3 rings (SSSR count). The van der Waals surface area contributed by atoms with Crippen LogP contribution < -0.4 is 10.6 Å². The van der Waals surface area contributed by atoms with Gasteiger partial charge in [0.25, 0.3) is 0 Å². The number of benzene rings is 2. The molecule has 1 fully saturated rings. The van der Waals surface area contributed by atoms with Crippen molar-refractivity contribution in [2.75, 3.05) is 11.9 Å². The zero-order valence-corrected chi connectivity index (χ0v) is 15.7. The van der Waals surface area contributed by atoms with E-state index in [9.17, 15) is 14.0 Å². The first-order valence-corrected chi connectivity index (χ1v) is 9.37. The summed E-state index contributed by atoms with van der Waals surface area (Å²) in [5.41, 5.74) is 2.94. The molecule has 5 heteroatoms. The molecule has 0 spiro atoms. The van der Waals surface area contributed by atoms with Gasteiger partial charge in [-0.1, -0.05) is 38.1 Å². The van der Waals surface area contributed by atoms with Crippen LogP contribution in [0.15, 0.2) is 48.5 Å². The fourth-order valence-corrected chi connectivity index (χ4v) is 3.07. The highest BCUT2D eigenvalue weighted by Gasteiger charge is 2.47. The summed E-state index contributed by atoms with van der Waals surface area (Å²) in [6.07, 6.45) is 1.22. The Morgan fingerprint density at radius 1 is 1.00 bits per heavy atom. The van der Waals surface area contributed by atoms with Crippen molar-refractivity contribution in [2.45, 2.75) is 32.6 Å². The van der Waals surface area contributed by atoms with Crippen molar-refractivity contribution in [3.63, 3.8) is 0 Å². The largest absolute Gasteiger partial charge is 0.356 e. The summed E-state index contributed by atoms with van der Waals surface area (Å²) in [6.45, 7) is 4.72. The fraction of sp³-hybridized carbons (Fsp3) is 0.364. The van der Waals surface area contributed by atoms with Gasteiger partial charge in [-0.25, -0.2) is 4.39 Å². The minimum absolute atomic E-state index is 0.0904. The van der Waals surface area contributed by atoms with Crippen molar-refractivity contribution in [3.05, 3.63) is 65.5 Å². The summed E-state index contributed by atoms with van der Waals surface area (Å²) < 4.78 is 12.9. The second-order valence-electron chi connectivity index (χ2n) is 7.38. The van der Waals surface area contributed by atoms with E-state index in [4.69, 9.17) is 0 Å². The van der Waals surface area contributed by atoms with Crippen LogP contribution in [0, 0.1) is 17.7 Å². The number of amides is 2. The first-order chi connectivity index (χ1) is 12.9. The molecule has 2 unspecified atom stereocenters. The van der Waals surface area contributed by atoms with Gasteiger partial charge in [0, 0.05) is 12.2 Å². The third-order valence-corrected chi connectivity index (χ3v) is 4.94. The van der Waals surface area contributed by atoms with Crippen molar-refractivity contribution in [1.82, 2.24) is 5.32 Å². The van der Waals surface area contributed by atoms with Gasteiger partial charge in [0.05, 0.1) is 11.8 Å². The number of halogens is 1. The molecule has 2 atom stereocenters. The topological polar surface area (TPSA) is 58.2 Å². The van der Waals surface area contributed by atoms with E-state index in [0.29, 0.717) is 25.3 Å². The van der Waals surface area contributed by atoms with Crippen LogP contribution in [0.5, 0.6) is 0 Å². The average molecular weight is 368 g/mol. The smallest absolute Gasteiger partial charge is 0.228 e. The van der Waals surface area contributed by atoms with Crippen molar-refractivity contribution in [3.8, 4) is 0 Å². The molecule has 2 aromatic carbocycles. The first kappa shape index (κ1) is 19.1. The molecule has 142 valence electrons. The van der Waals surface area contributed by atoms with Crippen LogP contribution in [0.25, 0.3) is 0 Å². The number of hydrogen-bond donors (Lipinski definition) is 2. The van der Waals surface area contributed by atoms with Crippen molar-refractivity contribution in [1.29, 1.82) is 0 Å². The second-order valence-corrected chi connectivity index (χ2v) is 7.38. The van der Waals surface area contributed by atoms with E-state index in [0.717, 1.165) is 11.3 Å². The lowest BCUT2D eigenvalue weighted by molar-refractivity contribution is -0.125. The van der Waals surface area contributed by atoms with E-state index in [1.54, 1.807) is 12.1 Å². The van der Waals surface area contributed by atoms with E-state index in [2.05, 4.69) is 24.5 Å². The molecule has 0 saturated heterocycles. The minimum atomic E-state index is -0.270. The van der Waals surface area contributed by atoms with Gasteiger partial charge in [0.2, 0.25) is 11.8 Å². The molecule has 2 aromatic rings. The lowest BCUT2D eigenvalue weighted by atomic mass is 10.0. The van der Waals surface area contributed by atoms with E-state index >= 15 is 0 Å². The van der Waals surface area contributed by atoms with Crippen LogP contribution in [-0.2, 0) is 16.0 Å². The number of hydrogen-bond acceptors (Lipinski definition) is 2. The quantitative estimate of drug-likeness (QED) is 0.779. The van der Waals surface area contributed by atoms with Gasteiger partial charge in [0.1, 0.15) is 5.82 Å². The SMILES string of the molecule is CC(C)c1ccc(NC(=O)C2CC2C(=O)NCCc2ccc(F)cc2)cc1. The molecule has 0 aliphatic heterocycles. The van der Waals surface area contributed by atoms with Crippen LogP contribution in [0.3, 0.4) is 0 Å². The van der Waals surface area contributed by atoms with Gasteiger partial charge >= 0.3 is 0 Å². The Bertz CT molecular complexity index is 800. The summed E-state index contributed by atoms with van der Waals surface area (Å²) in [5, 5.41) is 5.75. The second kappa shape index (κ2) is 8.33. The molecule has 0 radical (unpaired) electrons. The molecular weight excluding hydrogens is 343 g/mol. The van der Waals surface area contributed by atoms with E-state index in [-0.39, 0.29) is 29.5 Å². The summed E-state index contributed by atoms with van der Waals surface area (Å²) in [4.78, 5) is 24.5. The normalized spacial score (nSPS) is 18.2. The molecule has 4 nitrogen and oxygen atoms in total. The zero-order valence-electron chi connectivity index (χ0n) is 15.7. The van der Waals surface area contributed by atoms with Gasteiger partial charge in [0.15, 0.2) is 0 Å². The molecule has 0 heterocycles. The van der Waals surface area contributed by atoms with Crippen molar-refractivity contribution in [2.24, 2.45) is 11.8 Å². The van der Waals surface area contributed by atoms with Crippen LogP contribution in [0.4, 0.5) is 10.1 Å². The molecule has 1 saturated carbocycles.